The first-order valence-corrected chi connectivity index (χ1v) is 8.93. The molecule has 2 heterocycles. The summed E-state index contributed by atoms with van der Waals surface area (Å²) in [6, 6.07) is 6.63. The molecule has 2 aromatic heterocycles. The number of nitrogens with one attached hydrogen (secondary N) is 1. The minimum Gasteiger partial charge on any atom is -0.497 e. The van der Waals surface area contributed by atoms with Crippen molar-refractivity contribution >= 4 is 17.5 Å². The zero-order valence-electron chi connectivity index (χ0n) is 16.6. The van der Waals surface area contributed by atoms with Crippen LogP contribution in [0.4, 0.5) is 0 Å². The maximum atomic E-state index is 12.5. The smallest absolute Gasteiger partial charge is 0.344 e. The van der Waals surface area contributed by atoms with E-state index in [1.54, 1.807) is 64.7 Å². The van der Waals surface area contributed by atoms with Gasteiger partial charge in [0, 0.05) is 18.0 Å². The summed E-state index contributed by atoms with van der Waals surface area (Å²) < 4.78 is 17.2. The van der Waals surface area contributed by atoms with Gasteiger partial charge in [0.05, 0.1) is 26.0 Å². The normalized spacial score (nSPS) is 11.7. The van der Waals surface area contributed by atoms with Crippen LogP contribution in [0.5, 0.6) is 11.5 Å². The number of esters is 1. The zero-order valence-corrected chi connectivity index (χ0v) is 16.6. The van der Waals surface area contributed by atoms with Gasteiger partial charge < -0.3 is 19.5 Å². The van der Waals surface area contributed by atoms with Crippen LogP contribution in [0.15, 0.2) is 36.7 Å². The summed E-state index contributed by atoms with van der Waals surface area (Å²) in [5.74, 6) is 0.156. The Hall–Kier alpha value is -3.62. The Balaban J connectivity index is 1.65. The number of carbonyl (C=O) groups excluding carboxylic acids is 2. The minimum absolute atomic E-state index is 0.237. The van der Waals surface area contributed by atoms with Gasteiger partial charge >= 0.3 is 5.97 Å². The molecule has 0 radical (unpaired) electrons. The van der Waals surface area contributed by atoms with E-state index >= 15 is 0 Å². The Morgan fingerprint density at radius 3 is 2.76 bits per heavy atom. The number of hydrogen-bond donors (Lipinski definition) is 1. The third-order valence-corrected chi connectivity index (χ3v) is 4.39. The molecule has 1 atom stereocenters. The number of fused-ring (bicyclic) bond motifs is 1. The molecular formula is C20H22N4O5. The molecule has 0 aliphatic carbocycles. The van der Waals surface area contributed by atoms with Gasteiger partial charge in [-0.05, 0) is 38.1 Å². The predicted octanol–water partition coefficient (Wildman–Crippen LogP) is 2.09. The van der Waals surface area contributed by atoms with E-state index in [0.717, 1.165) is 5.56 Å². The second kappa shape index (κ2) is 8.59. The summed E-state index contributed by atoms with van der Waals surface area (Å²) in [5, 5.41) is 7.00. The molecule has 1 amide bonds. The van der Waals surface area contributed by atoms with E-state index in [2.05, 4.69) is 15.4 Å². The molecule has 1 aromatic carbocycles. The maximum absolute atomic E-state index is 12.5. The average Bonchev–Trinajstić information content (AvgIpc) is 3.07. The number of hydrogen-bond acceptors (Lipinski definition) is 7. The van der Waals surface area contributed by atoms with Crippen molar-refractivity contribution in [3.63, 3.8) is 0 Å². The van der Waals surface area contributed by atoms with Crippen molar-refractivity contribution in [1.29, 1.82) is 0 Å². The lowest BCUT2D eigenvalue weighted by Crippen LogP contribution is -2.31. The molecule has 9 nitrogen and oxygen atoms in total. The fourth-order valence-corrected chi connectivity index (χ4v) is 2.98. The lowest BCUT2D eigenvalue weighted by atomic mass is 10.1. The van der Waals surface area contributed by atoms with Crippen molar-refractivity contribution < 1.29 is 23.8 Å². The number of aromatic nitrogens is 3. The van der Waals surface area contributed by atoms with Crippen LogP contribution in [0, 0.1) is 6.92 Å². The Labute approximate surface area is 167 Å². The first-order valence-electron chi connectivity index (χ1n) is 8.93. The number of methoxy groups -OCH3 is 2. The number of nitrogens with zero attached hydrogens (tertiary/aromatic N) is 3. The van der Waals surface area contributed by atoms with Crippen molar-refractivity contribution in [3.05, 3.63) is 53.5 Å². The quantitative estimate of drug-likeness (QED) is 0.608. The molecule has 0 aliphatic rings. The van der Waals surface area contributed by atoms with Crippen molar-refractivity contribution in [2.75, 3.05) is 20.8 Å². The van der Waals surface area contributed by atoms with Crippen molar-refractivity contribution in [3.8, 4) is 11.5 Å². The van der Waals surface area contributed by atoms with Gasteiger partial charge in [0.1, 0.15) is 17.1 Å². The second-order valence-corrected chi connectivity index (χ2v) is 6.32. The second-order valence-electron chi connectivity index (χ2n) is 6.32. The highest BCUT2D eigenvalue weighted by Crippen LogP contribution is 2.29. The molecule has 3 rings (SSSR count). The number of aryl methyl sites for hydroxylation is 1. The summed E-state index contributed by atoms with van der Waals surface area (Å²) in [5.41, 5.74) is 1.84. The van der Waals surface area contributed by atoms with Crippen LogP contribution in [0.2, 0.25) is 0 Å². The van der Waals surface area contributed by atoms with E-state index in [4.69, 9.17) is 14.2 Å². The predicted molar refractivity (Wildman–Crippen MR) is 104 cm³/mol. The minimum atomic E-state index is -0.655. The summed E-state index contributed by atoms with van der Waals surface area (Å²) in [6.45, 7) is 3.05. The summed E-state index contributed by atoms with van der Waals surface area (Å²) >= 11 is 0. The molecule has 3 aromatic rings. The van der Waals surface area contributed by atoms with Crippen LogP contribution in [0.25, 0.3) is 5.65 Å². The molecule has 0 spiro atoms. The molecular weight excluding hydrogens is 376 g/mol. The Morgan fingerprint density at radius 2 is 2.03 bits per heavy atom. The van der Waals surface area contributed by atoms with Gasteiger partial charge in [0.2, 0.25) is 0 Å². The van der Waals surface area contributed by atoms with Gasteiger partial charge in [-0.3, -0.25) is 4.79 Å². The molecule has 0 fully saturated rings. The van der Waals surface area contributed by atoms with Gasteiger partial charge in [-0.15, -0.1) is 0 Å². The standard InChI is InChI=1S/C20H22N4O5/c1-12(15-10-14(27-3)6-7-16(15)28-4)22-17(25)11-29-20(26)18-13(2)23-24-9-5-8-21-19(18)24/h5-10,12H,11H2,1-4H3,(H,22,25). The zero-order chi connectivity index (χ0) is 21.0. The van der Waals surface area contributed by atoms with Gasteiger partial charge in [-0.2, -0.15) is 5.10 Å². The third-order valence-electron chi connectivity index (χ3n) is 4.39. The highest BCUT2D eigenvalue weighted by Gasteiger charge is 2.21. The van der Waals surface area contributed by atoms with Crippen molar-refractivity contribution in [2.45, 2.75) is 19.9 Å². The largest absolute Gasteiger partial charge is 0.497 e. The van der Waals surface area contributed by atoms with Crippen LogP contribution in [0.3, 0.4) is 0 Å². The van der Waals surface area contributed by atoms with E-state index < -0.39 is 18.5 Å². The lowest BCUT2D eigenvalue weighted by molar-refractivity contribution is -0.124. The van der Waals surface area contributed by atoms with Crippen LogP contribution in [-0.2, 0) is 9.53 Å². The van der Waals surface area contributed by atoms with E-state index in [1.807, 2.05) is 0 Å². The molecule has 9 heteroatoms. The van der Waals surface area contributed by atoms with Crippen LogP contribution < -0.4 is 14.8 Å². The Kier molecular flexibility index (Phi) is 5.96. The monoisotopic (exact) mass is 398 g/mol. The van der Waals surface area contributed by atoms with Gasteiger partial charge in [-0.25, -0.2) is 14.3 Å². The fourth-order valence-electron chi connectivity index (χ4n) is 2.98. The number of benzene rings is 1. The molecule has 0 saturated carbocycles. The number of amides is 1. The first-order chi connectivity index (χ1) is 13.9. The van der Waals surface area contributed by atoms with Crippen LogP contribution in [0.1, 0.15) is 34.6 Å². The molecule has 1 N–H and O–H groups in total. The first kappa shape index (κ1) is 20.1. The van der Waals surface area contributed by atoms with Crippen molar-refractivity contribution in [2.24, 2.45) is 0 Å². The van der Waals surface area contributed by atoms with Gasteiger partial charge in [0.15, 0.2) is 12.3 Å². The molecule has 29 heavy (non-hydrogen) atoms. The van der Waals surface area contributed by atoms with E-state index in [0.29, 0.717) is 22.8 Å². The van der Waals surface area contributed by atoms with Gasteiger partial charge in [0.25, 0.3) is 5.91 Å². The number of rotatable bonds is 7. The lowest BCUT2D eigenvalue weighted by Gasteiger charge is -2.18. The summed E-state index contributed by atoms with van der Waals surface area (Å²) in [7, 11) is 3.11. The number of carbonyl (C=O) groups is 2. The van der Waals surface area contributed by atoms with Gasteiger partial charge in [-0.1, -0.05) is 0 Å². The Morgan fingerprint density at radius 1 is 1.24 bits per heavy atom. The highest BCUT2D eigenvalue weighted by molar-refractivity contribution is 5.98. The maximum Gasteiger partial charge on any atom is 0.344 e. The van der Waals surface area contributed by atoms with E-state index in [9.17, 15) is 9.59 Å². The van der Waals surface area contributed by atoms with Crippen LogP contribution in [-0.4, -0.2) is 47.3 Å². The molecule has 1 unspecified atom stereocenters. The topological polar surface area (TPSA) is 104 Å². The Bertz CT molecular complexity index is 1050. The van der Waals surface area contributed by atoms with Crippen molar-refractivity contribution in [1.82, 2.24) is 19.9 Å². The summed E-state index contributed by atoms with van der Waals surface area (Å²) in [4.78, 5) is 28.9. The number of ether oxygens (including phenoxy) is 3. The van der Waals surface area contributed by atoms with E-state index in [-0.39, 0.29) is 11.6 Å². The molecule has 0 aliphatic heterocycles. The van der Waals surface area contributed by atoms with E-state index in [1.165, 1.54) is 4.52 Å². The SMILES string of the molecule is COc1ccc(OC)c(C(C)NC(=O)COC(=O)c2c(C)nn3cccnc23)c1. The molecule has 0 saturated heterocycles. The third kappa shape index (κ3) is 4.29. The average molecular weight is 398 g/mol. The van der Waals surface area contributed by atoms with Crippen LogP contribution >= 0.6 is 0 Å². The highest BCUT2D eigenvalue weighted by atomic mass is 16.5. The molecule has 152 valence electrons. The molecule has 0 bridgehead atoms. The fraction of sp³-hybridized carbons (Fsp3) is 0.300. The summed E-state index contributed by atoms with van der Waals surface area (Å²) in [6.07, 6.45) is 3.24.